The lowest BCUT2D eigenvalue weighted by molar-refractivity contribution is -0.136. The first-order chi connectivity index (χ1) is 8.20. The molecule has 0 bridgehead atoms. The number of nitrogens with zero attached hydrogens (tertiary/aromatic N) is 2. The Hall–Kier alpha value is -0.910. The van der Waals surface area contributed by atoms with Crippen molar-refractivity contribution in [3.05, 3.63) is 12.7 Å². The summed E-state index contributed by atoms with van der Waals surface area (Å²) in [6, 6.07) is -0.122. The van der Waals surface area contributed by atoms with E-state index in [1.807, 2.05) is 6.92 Å². The maximum Gasteiger partial charge on any atom is 0.240 e. The van der Waals surface area contributed by atoms with Crippen molar-refractivity contribution in [2.24, 2.45) is 0 Å². The summed E-state index contributed by atoms with van der Waals surface area (Å²) in [5, 5.41) is 12.2. The number of aliphatic hydroxyl groups excluding tert-OH is 1. The van der Waals surface area contributed by atoms with Crippen molar-refractivity contribution in [2.45, 2.75) is 13.0 Å². The molecule has 0 saturated carbocycles. The van der Waals surface area contributed by atoms with Crippen LogP contribution in [-0.4, -0.2) is 72.7 Å². The molecule has 2 N–H and O–H groups in total. The first kappa shape index (κ1) is 14.2. The van der Waals surface area contributed by atoms with Crippen LogP contribution in [0, 0.1) is 0 Å². The zero-order chi connectivity index (χ0) is 12.7. The zero-order valence-electron chi connectivity index (χ0n) is 10.6. The highest BCUT2D eigenvalue weighted by Crippen LogP contribution is 2.05. The molecule has 1 unspecified atom stereocenters. The third-order valence-electron chi connectivity index (χ3n) is 3.09. The first-order valence-corrected chi connectivity index (χ1v) is 6.16. The van der Waals surface area contributed by atoms with E-state index in [2.05, 4.69) is 16.8 Å². The smallest absolute Gasteiger partial charge is 0.240 e. The molecule has 0 aromatic rings. The Morgan fingerprint density at radius 3 is 2.76 bits per heavy atom. The molecular formula is C12H23N3O2. The number of amides is 1. The van der Waals surface area contributed by atoms with Gasteiger partial charge in [-0.05, 0) is 6.92 Å². The minimum absolute atomic E-state index is 0.00610. The number of nitrogens with one attached hydrogen (secondary N) is 1. The van der Waals surface area contributed by atoms with Crippen LogP contribution in [0.1, 0.15) is 6.92 Å². The Labute approximate surface area is 103 Å². The van der Waals surface area contributed by atoms with Gasteiger partial charge in [-0.1, -0.05) is 6.08 Å². The molecule has 17 heavy (non-hydrogen) atoms. The van der Waals surface area contributed by atoms with Crippen LogP contribution in [0.2, 0.25) is 0 Å². The molecule has 1 aliphatic rings. The van der Waals surface area contributed by atoms with Crippen molar-refractivity contribution in [1.29, 1.82) is 0 Å². The molecule has 0 aliphatic carbocycles. The van der Waals surface area contributed by atoms with E-state index in [1.165, 1.54) is 0 Å². The summed E-state index contributed by atoms with van der Waals surface area (Å²) in [5.74, 6) is 0.0702. The van der Waals surface area contributed by atoms with Gasteiger partial charge in [-0.2, -0.15) is 0 Å². The lowest BCUT2D eigenvalue weighted by Gasteiger charge is -2.34. The standard InChI is InChI=1S/C12H23N3O2/c1-3-6-15(9-10-16)12(17)11(2)14-7-4-13-5-8-14/h3,11,13,16H,1,4-10H2,2H3. The van der Waals surface area contributed by atoms with E-state index < -0.39 is 0 Å². The third-order valence-corrected chi connectivity index (χ3v) is 3.09. The minimum atomic E-state index is -0.122. The Kier molecular flexibility index (Phi) is 6.18. The fraction of sp³-hybridized carbons (Fsp3) is 0.750. The number of piperazine rings is 1. The van der Waals surface area contributed by atoms with Crippen LogP contribution < -0.4 is 5.32 Å². The fourth-order valence-corrected chi connectivity index (χ4v) is 2.06. The number of hydrogen-bond donors (Lipinski definition) is 2. The molecular weight excluding hydrogens is 218 g/mol. The van der Waals surface area contributed by atoms with Gasteiger partial charge in [0.2, 0.25) is 5.91 Å². The van der Waals surface area contributed by atoms with E-state index in [0.717, 1.165) is 26.2 Å². The maximum absolute atomic E-state index is 12.2. The van der Waals surface area contributed by atoms with Crippen LogP contribution in [0.25, 0.3) is 0 Å². The van der Waals surface area contributed by atoms with Crippen LogP contribution >= 0.6 is 0 Å². The van der Waals surface area contributed by atoms with Gasteiger partial charge in [0, 0.05) is 39.3 Å². The number of hydrogen-bond acceptors (Lipinski definition) is 4. The third kappa shape index (κ3) is 4.11. The predicted octanol–water partition coefficient (Wildman–Crippen LogP) is -0.713. The molecule has 1 aliphatic heterocycles. The molecule has 1 fully saturated rings. The topological polar surface area (TPSA) is 55.8 Å². The molecule has 1 amide bonds. The summed E-state index contributed by atoms with van der Waals surface area (Å²) in [5.41, 5.74) is 0. The molecule has 0 aromatic heterocycles. The van der Waals surface area contributed by atoms with Crippen molar-refractivity contribution in [2.75, 3.05) is 45.9 Å². The summed E-state index contributed by atoms with van der Waals surface area (Å²) < 4.78 is 0. The van der Waals surface area contributed by atoms with E-state index in [9.17, 15) is 4.79 Å². The van der Waals surface area contributed by atoms with Gasteiger partial charge in [-0.15, -0.1) is 6.58 Å². The van der Waals surface area contributed by atoms with Gasteiger partial charge < -0.3 is 15.3 Å². The van der Waals surface area contributed by atoms with Crippen molar-refractivity contribution in [3.63, 3.8) is 0 Å². The summed E-state index contributed by atoms with van der Waals surface area (Å²) in [4.78, 5) is 16.1. The zero-order valence-corrected chi connectivity index (χ0v) is 10.6. The van der Waals surface area contributed by atoms with Crippen molar-refractivity contribution in [1.82, 2.24) is 15.1 Å². The van der Waals surface area contributed by atoms with Crippen molar-refractivity contribution < 1.29 is 9.90 Å². The Balaban J connectivity index is 2.54. The highest BCUT2D eigenvalue weighted by molar-refractivity contribution is 5.81. The highest BCUT2D eigenvalue weighted by Gasteiger charge is 2.25. The maximum atomic E-state index is 12.2. The van der Waals surface area contributed by atoms with E-state index in [1.54, 1.807) is 11.0 Å². The molecule has 1 heterocycles. The second-order valence-electron chi connectivity index (χ2n) is 4.26. The molecule has 98 valence electrons. The van der Waals surface area contributed by atoms with E-state index in [4.69, 9.17) is 5.11 Å². The first-order valence-electron chi connectivity index (χ1n) is 6.16. The number of rotatable bonds is 6. The SMILES string of the molecule is C=CCN(CCO)C(=O)C(C)N1CCNCC1. The van der Waals surface area contributed by atoms with Gasteiger partial charge in [-0.3, -0.25) is 9.69 Å². The molecule has 0 radical (unpaired) electrons. The van der Waals surface area contributed by atoms with Crippen LogP contribution in [0.5, 0.6) is 0 Å². The van der Waals surface area contributed by atoms with E-state index >= 15 is 0 Å². The molecule has 1 atom stereocenters. The molecule has 1 saturated heterocycles. The number of carbonyl (C=O) groups is 1. The molecule has 0 spiro atoms. The largest absolute Gasteiger partial charge is 0.395 e. The van der Waals surface area contributed by atoms with E-state index in [-0.39, 0.29) is 18.6 Å². The summed E-state index contributed by atoms with van der Waals surface area (Å²) in [7, 11) is 0. The van der Waals surface area contributed by atoms with Crippen LogP contribution in [-0.2, 0) is 4.79 Å². The van der Waals surface area contributed by atoms with Gasteiger partial charge in [0.1, 0.15) is 0 Å². The van der Waals surface area contributed by atoms with Gasteiger partial charge in [0.05, 0.1) is 12.6 Å². The van der Waals surface area contributed by atoms with Gasteiger partial charge in [0.15, 0.2) is 0 Å². The summed E-state index contributed by atoms with van der Waals surface area (Å²) >= 11 is 0. The second-order valence-corrected chi connectivity index (χ2v) is 4.26. The number of aliphatic hydroxyl groups is 1. The normalized spacial score (nSPS) is 18.7. The summed E-state index contributed by atoms with van der Waals surface area (Å²) in [6.45, 7) is 10.1. The van der Waals surface area contributed by atoms with Gasteiger partial charge >= 0.3 is 0 Å². The number of carbonyl (C=O) groups excluding carboxylic acids is 1. The Morgan fingerprint density at radius 2 is 2.24 bits per heavy atom. The quantitative estimate of drug-likeness (QED) is 0.603. The van der Waals surface area contributed by atoms with Gasteiger partial charge in [-0.25, -0.2) is 0 Å². The molecule has 1 rings (SSSR count). The monoisotopic (exact) mass is 241 g/mol. The highest BCUT2D eigenvalue weighted by atomic mass is 16.3. The van der Waals surface area contributed by atoms with Crippen LogP contribution in [0.3, 0.4) is 0 Å². The van der Waals surface area contributed by atoms with E-state index in [0.29, 0.717) is 13.1 Å². The average molecular weight is 241 g/mol. The van der Waals surface area contributed by atoms with Crippen LogP contribution in [0.4, 0.5) is 0 Å². The molecule has 5 heteroatoms. The molecule has 0 aromatic carbocycles. The lowest BCUT2D eigenvalue weighted by Crippen LogP contribution is -2.53. The van der Waals surface area contributed by atoms with Crippen molar-refractivity contribution in [3.8, 4) is 0 Å². The average Bonchev–Trinajstić information content (AvgIpc) is 2.38. The van der Waals surface area contributed by atoms with Gasteiger partial charge in [0.25, 0.3) is 0 Å². The molecule has 5 nitrogen and oxygen atoms in total. The Morgan fingerprint density at radius 1 is 1.59 bits per heavy atom. The second kappa shape index (κ2) is 7.42. The fourth-order valence-electron chi connectivity index (χ4n) is 2.06. The van der Waals surface area contributed by atoms with Crippen LogP contribution in [0.15, 0.2) is 12.7 Å². The predicted molar refractivity (Wildman–Crippen MR) is 67.8 cm³/mol. The Bertz CT molecular complexity index is 252. The lowest BCUT2D eigenvalue weighted by atomic mass is 10.2. The summed E-state index contributed by atoms with van der Waals surface area (Å²) in [6.07, 6.45) is 1.69. The minimum Gasteiger partial charge on any atom is -0.395 e. The van der Waals surface area contributed by atoms with Crippen molar-refractivity contribution >= 4 is 5.91 Å².